The zero-order chi connectivity index (χ0) is 8.39. The average molecular weight is 272 g/mol. The third-order valence-electron chi connectivity index (χ3n) is 1.71. The van der Waals surface area contributed by atoms with Crippen LogP contribution in [0.4, 0.5) is 0 Å². The first kappa shape index (κ1) is 10.4. The van der Waals surface area contributed by atoms with Crippen molar-refractivity contribution in [2.24, 2.45) is 0 Å². The van der Waals surface area contributed by atoms with Gasteiger partial charge in [-0.05, 0) is 12.1 Å². The van der Waals surface area contributed by atoms with Gasteiger partial charge in [0.05, 0.1) is 11.9 Å². The number of pyridine rings is 1. The molecule has 5 heteroatoms. The third-order valence-corrected chi connectivity index (χ3v) is 1.71. The molecule has 1 radical (unpaired) electrons. The van der Waals surface area contributed by atoms with Crippen molar-refractivity contribution in [3.8, 4) is 0 Å². The molecule has 4 nitrogen and oxygen atoms in total. The Bertz CT molecular complexity index is 388. The molecule has 0 aliphatic heterocycles. The molecule has 2 aromatic heterocycles. The molecule has 0 bridgehead atoms. The molecule has 0 aliphatic rings. The first-order chi connectivity index (χ1) is 5.92. The summed E-state index contributed by atoms with van der Waals surface area (Å²) in [5.41, 5.74) is 1.68. The number of fused-ring (bicyclic) bond motifs is 1. The molecule has 2 rings (SSSR count). The van der Waals surface area contributed by atoms with Gasteiger partial charge in [-0.25, -0.2) is 9.87 Å². The van der Waals surface area contributed by atoms with Crippen molar-refractivity contribution in [3.63, 3.8) is 0 Å². The van der Waals surface area contributed by atoms with Crippen LogP contribution in [-0.4, -0.2) is 14.6 Å². The zero-order valence-electron chi connectivity index (χ0n) is 6.65. The predicted molar refractivity (Wildman–Crippen MR) is 42.6 cm³/mol. The number of nitrogens with zero attached hydrogens (tertiary/aromatic N) is 2. The van der Waals surface area contributed by atoms with Crippen LogP contribution in [0.15, 0.2) is 30.6 Å². The van der Waals surface area contributed by atoms with Crippen LogP contribution < -0.4 is 0 Å². The summed E-state index contributed by atoms with van der Waals surface area (Å²) in [5, 5.41) is 8.26. The van der Waals surface area contributed by atoms with E-state index in [1.54, 1.807) is 6.20 Å². The maximum absolute atomic E-state index is 8.26. The summed E-state index contributed by atoms with van der Waals surface area (Å²) in [6.45, 7) is 0.158. The molecule has 0 atom stereocenters. The number of aromatic nitrogens is 2. The van der Waals surface area contributed by atoms with E-state index in [0.29, 0.717) is 0 Å². The first-order valence-electron chi connectivity index (χ1n) is 3.59. The monoisotopic (exact) mass is 271 g/mol. The van der Waals surface area contributed by atoms with E-state index < -0.39 is 0 Å². The Morgan fingerprint density at radius 3 is 3.08 bits per heavy atom. The molecular formula is C8H8AgN2O2. The molecule has 0 fully saturated rings. The zero-order valence-corrected chi connectivity index (χ0v) is 8.13. The molecule has 2 aromatic rings. The molecule has 0 saturated carbocycles. The summed E-state index contributed by atoms with van der Waals surface area (Å²) in [5.74, 6) is 0. The van der Waals surface area contributed by atoms with E-state index in [-0.39, 0.29) is 29.0 Å². The Kier molecular flexibility index (Phi) is 3.65. The molecule has 0 aliphatic carbocycles. The SMILES string of the molecule is OOCc1cnc2ccccn12.[Ag]. The van der Waals surface area contributed by atoms with Crippen molar-refractivity contribution in [1.82, 2.24) is 9.38 Å². The minimum absolute atomic E-state index is 0. The normalized spacial score (nSPS) is 9.92. The predicted octanol–water partition coefficient (Wildman–Crippen LogP) is 1.32. The van der Waals surface area contributed by atoms with Crippen LogP contribution in [0.5, 0.6) is 0 Å². The van der Waals surface area contributed by atoms with Crippen LogP contribution in [0, 0.1) is 0 Å². The van der Waals surface area contributed by atoms with E-state index in [1.807, 2.05) is 28.8 Å². The van der Waals surface area contributed by atoms with Crippen molar-refractivity contribution >= 4 is 5.65 Å². The fourth-order valence-electron chi connectivity index (χ4n) is 1.16. The summed E-state index contributed by atoms with van der Waals surface area (Å²) < 4.78 is 1.86. The first-order valence-corrected chi connectivity index (χ1v) is 3.59. The molecule has 13 heavy (non-hydrogen) atoms. The largest absolute Gasteiger partial charge is 0.302 e. The van der Waals surface area contributed by atoms with Crippen LogP contribution >= 0.6 is 0 Å². The van der Waals surface area contributed by atoms with Crippen LogP contribution in [0.2, 0.25) is 0 Å². The van der Waals surface area contributed by atoms with Gasteiger partial charge in [-0.15, -0.1) is 0 Å². The summed E-state index contributed by atoms with van der Waals surface area (Å²) in [4.78, 5) is 8.14. The number of hydrogen-bond donors (Lipinski definition) is 1. The van der Waals surface area contributed by atoms with Gasteiger partial charge in [-0.1, -0.05) is 6.07 Å². The van der Waals surface area contributed by atoms with Gasteiger partial charge in [-0.2, -0.15) is 0 Å². The molecular weight excluding hydrogens is 264 g/mol. The van der Waals surface area contributed by atoms with Crippen molar-refractivity contribution in [1.29, 1.82) is 0 Å². The van der Waals surface area contributed by atoms with Crippen molar-refractivity contribution in [2.75, 3.05) is 0 Å². The second kappa shape index (κ2) is 4.55. The van der Waals surface area contributed by atoms with E-state index in [1.165, 1.54) is 0 Å². The van der Waals surface area contributed by atoms with Gasteiger partial charge in [0.15, 0.2) is 0 Å². The Morgan fingerprint density at radius 2 is 2.31 bits per heavy atom. The van der Waals surface area contributed by atoms with Gasteiger partial charge in [-0.3, -0.25) is 5.26 Å². The molecule has 73 valence electrons. The topological polar surface area (TPSA) is 46.8 Å². The molecule has 2 heterocycles. The number of rotatable bonds is 2. The number of hydrogen-bond acceptors (Lipinski definition) is 3. The van der Waals surface area contributed by atoms with E-state index in [4.69, 9.17) is 5.26 Å². The van der Waals surface area contributed by atoms with Gasteiger partial charge < -0.3 is 4.40 Å². The molecule has 0 unspecified atom stereocenters. The van der Waals surface area contributed by atoms with E-state index in [2.05, 4.69) is 9.87 Å². The Balaban J connectivity index is 0.000000845. The molecule has 0 amide bonds. The second-order valence-corrected chi connectivity index (χ2v) is 2.45. The fraction of sp³-hybridized carbons (Fsp3) is 0.125. The smallest absolute Gasteiger partial charge is 0.136 e. The minimum atomic E-state index is 0. The average Bonchev–Trinajstić information content (AvgIpc) is 2.50. The second-order valence-electron chi connectivity index (χ2n) is 2.45. The maximum atomic E-state index is 8.26. The van der Waals surface area contributed by atoms with Gasteiger partial charge >= 0.3 is 0 Å². The van der Waals surface area contributed by atoms with Crippen LogP contribution in [0.1, 0.15) is 5.69 Å². The Labute approximate surface area is 90.6 Å². The van der Waals surface area contributed by atoms with Crippen LogP contribution in [-0.2, 0) is 33.9 Å². The van der Waals surface area contributed by atoms with Gasteiger partial charge in [0.25, 0.3) is 0 Å². The van der Waals surface area contributed by atoms with Gasteiger partial charge in [0.1, 0.15) is 12.3 Å². The van der Waals surface area contributed by atoms with E-state index in [9.17, 15) is 0 Å². The van der Waals surface area contributed by atoms with Crippen LogP contribution in [0.3, 0.4) is 0 Å². The van der Waals surface area contributed by atoms with E-state index >= 15 is 0 Å². The van der Waals surface area contributed by atoms with Gasteiger partial charge in [0.2, 0.25) is 0 Å². The maximum Gasteiger partial charge on any atom is 0.136 e. The fourth-order valence-corrected chi connectivity index (χ4v) is 1.16. The van der Waals surface area contributed by atoms with Crippen molar-refractivity contribution < 1.29 is 32.5 Å². The summed E-state index contributed by atoms with van der Waals surface area (Å²) >= 11 is 0. The van der Waals surface area contributed by atoms with Crippen LogP contribution in [0.25, 0.3) is 5.65 Å². The molecule has 1 N–H and O–H groups in total. The molecule has 0 spiro atoms. The van der Waals surface area contributed by atoms with Gasteiger partial charge in [0, 0.05) is 28.6 Å². The summed E-state index contributed by atoms with van der Waals surface area (Å²) in [6, 6.07) is 5.70. The third kappa shape index (κ3) is 1.99. The van der Waals surface area contributed by atoms with Crippen molar-refractivity contribution in [3.05, 3.63) is 36.3 Å². The summed E-state index contributed by atoms with van der Waals surface area (Å²) in [6.07, 6.45) is 3.54. The minimum Gasteiger partial charge on any atom is -0.302 e. The standard InChI is InChI=1S/C8H8N2O2.Ag/c11-12-6-7-5-9-8-3-1-2-4-10(7)8;/h1-5,11H,6H2;. The molecule has 0 saturated heterocycles. The summed E-state index contributed by atoms with van der Waals surface area (Å²) in [7, 11) is 0. The molecule has 0 aromatic carbocycles. The van der Waals surface area contributed by atoms with Crippen molar-refractivity contribution in [2.45, 2.75) is 6.61 Å². The Hall–Kier alpha value is -0.650. The van der Waals surface area contributed by atoms with E-state index in [0.717, 1.165) is 11.3 Å². The number of imidazole rings is 1. The Morgan fingerprint density at radius 1 is 1.46 bits per heavy atom. The quantitative estimate of drug-likeness (QED) is 0.509.